The van der Waals surface area contributed by atoms with Gasteiger partial charge in [0.15, 0.2) is 0 Å². The van der Waals surface area contributed by atoms with Crippen LogP contribution in [0.15, 0.2) is 46.0 Å². The number of hydrogen-bond acceptors (Lipinski definition) is 4. The molecule has 1 heterocycles. The van der Waals surface area contributed by atoms with Crippen molar-refractivity contribution in [3.8, 4) is 0 Å². The van der Waals surface area contributed by atoms with Crippen molar-refractivity contribution in [2.45, 2.75) is 11.0 Å². The molecule has 1 aromatic heterocycles. The maximum atomic E-state index is 12.0. The zero-order valence-electron chi connectivity index (χ0n) is 9.78. The van der Waals surface area contributed by atoms with Gasteiger partial charge in [-0.2, -0.15) is 11.3 Å². The maximum Gasteiger partial charge on any atom is 0.240 e. The summed E-state index contributed by atoms with van der Waals surface area (Å²) in [4.78, 5) is 0.0810. The van der Waals surface area contributed by atoms with Crippen molar-refractivity contribution in [3.05, 3.63) is 51.7 Å². The predicted molar refractivity (Wildman–Crippen MR) is 75.9 cm³/mol. The lowest BCUT2D eigenvalue weighted by atomic mass is 10.2. The lowest BCUT2D eigenvalue weighted by Crippen LogP contribution is -2.28. The molecule has 0 amide bonds. The molecule has 1 unspecified atom stereocenters. The zero-order chi connectivity index (χ0) is 13.9. The summed E-state index contributed by atoms with van der Waals surface area (Å²) in [5.41, 5.74) is 0.693. The molecule has 1 atom stereocenters. The van der Waals surface area contributed by atoms with E-state index in [-0.39, 0.29) is 11.4 Å². The highest BCUT2D eigenvalue weighted by Gasteiger charge is 2.17. The number of aliphatic hydroxyl groups is 1. The van der Waals surface area contributed by atoms with Gasteiger partial charge in [-0.25, -0.2) is 13.1 Å². The summed E-state index contributed by atoms with van der Waals surface area (Å²) in [6.45, 7) is -0.0778. The largest absolute Gasteiger partial charge is 0.387 e. The van der Waals surface area contributed by atoms with E-state index in [9.17, 15) is 13.5 Å². The quantitative estimate of drug-likeness (QED) is 0.890. The van der Waals surface area contributed by atoms with Crippen molar-refractivity contribution in [3.63, 3.8) is 0 Å². The number of hydrogen-bond donors (Lipinski definition) is 2. The highest BCUT2D eigenvalue weighted by molar-refractivity contribution is 7.89. The van der Waals surface area contributed by atoms with E-state index >= 15 is 0 Å². The first-order valence-corrected chi connectivity index (χ1v) is 8.25. The summed E-state index contributed by atoms with van der Waals surface area (Å²) in [5.74, 6) is 0. The minimum atomic E-state index is -3.66. The summed E-state index contributed by atoms with van der Waals surface area (Å²) in [6.07, 6.45) is -0.861. The number of nitrogens with one attached hydrogen (secondary N) is 1. The molecule has 102 valence electrons. The van der Waals surface area contributed by atoms with E-state index in [1.807, 2.05) is 5.38 Å². The molecule has 2 aromatic rings. The average molecular weight is 318 g/mol. The van der Waals surface area contributed by atoms with Gasteiger partial charge in [0.1, 0.15) is 0 Å². The Morgan fingerprint density at radius 3 is 2.79 bits per heavy atom. The topological polar surface area (TPSA) is 66.4 Å². The van der Waals surface area contributed by atoms with Crippen molar-refractivity contribution in [1.29, 1.82) is 0 Å². The van der Waals surface area contributed by atoms with Crippen LogP contribution >= 0.6 is 22.9 Å². The van der Waals surface area contributed by atoms with Crippen molar-refractivity contribution in [2.24, 2.45) is 0 Å². The maximum absolute atomic E-state index is 12.0. The standard InChI is InChI=1S/C12H12ClNO3S2/c13-10-2-1-3-11(6-10)19(16,17)14-7-12(15)9-4-5-18-8-9/h1-6,8,12,14-15H,7H2. The minimum Gasteiger partial charge on any atom is -0.387 e. The average Bonchev–Trinajstić information content (AvgIpc) is 2.90. The first-order valence-electron chi connectivity index (χ1n) is 5.44. The molecule has 0 bridgehead atoms. The first-order chi connectivity index (χ1) is 8.99. The van der Waals surface area contributed by atoms with Crippen molar-refractivity contribution < 1.29 is 13.5 Å². The normalized spacial score (nSPS) is 13.4. The highest BCUT2D eigenvalue weighted by atomic mass is 35.5. The molecule has 0 saturated carbocycles. The summed E-state index contributed by atoms with van der Waals surface area (Å²) < 4.78 is 26.3. The van der Waals surface area contributed by atoms with Crippen LogP contribution in [0.2, 0.25) is 5.02 Å². The molecule has 0 aliphatic carbocycles. The molecule has 19 heavy (non-hydrogen) atoms. The molecule has 0 spiro atoms. The molecular formula is C12H12ClNO3S2. The van der Waals surface area contributed by atoms with Crippen LogP contribution in [0.3, 0.4) is 0 Å². The molecule has 0 fully saturated rings. The Morgan fingerprint density at radius 1 is 1.37 bits per heavy atom. The molecular weight excluding hydrogens is 306 g/mol. The van der Waals surface area contributed by atoms with Gasteiger partial charge in [-0.15, -0.1) is 0 Å². The molecule has 1 aromatic carbocycles. The van der Waals surface area contributed by atoms with Crippen molar-refractivity contribution in [1.82, 2.24) is 4.72 Å². The van der Waals surface area contributed by atoms with Gasteiger partial charge in [0.2, 0.25) is 10.0 Å². The van der Waals surface area contributed by atoms with Gasteiger partial charge < -0.3 is 5.11 Å². The third-order valence-electron chi connectivity index (χ3n) is 2.50. The Morgan fingerprint density at radius 2 is 2.16 bits per heavy atom. The summed E-state index contributed by atoms with van der Waals surface area (Å²) in [5, 5.41) is 13.8. The van der Waals surface area contributed by atoms with E-state index < -0.39 is 16.1 Å². The van der Waals surface area contributed by atoms with Crippen LogP contribution in [0.5, 0.6) is 0 Å². The molecule has 4 nitrogen and oxygen atoms in total. The van der Waals surface area contributed by atoms with Gasteiger partial charge in [-0.05, 0) is 40.6 Å². The van der Waals surface area contributed by atoms with Crippen molar-refractivity contribution in [2.75, 3.05) is 6.54 Å². The predicted octanol–water partition coefficient (Wildman–Crippen LogP) is 2.41. The van der Waals surface area contributed by atoms with Gasteiger partial charge in [-0.1, -0.05) is 17.7 Å². The van der Waals surface area contributed by atoms with Crippen LogP contribution in [0.25, 0.3) is 0 Å². The van der Waals surface area contributed by atoms with Crippen LogP contribution in [-0.4, -0.2) is 20.1 Å². The fraction of sp³-hybridized carbons (Fsp3) is 0.167. The number of sulfonamides is 1. The van der Waals surface area contributed by atoms with E-state index in [4.69, 9.17) is 11.6 Å². The number of rotatable bonds is 5. The number of benzene rings is 1. The Kier molecular flexibility index (Phi) is 4.59. The number of halogens is 1. The lowest BCUT2D eigenvalue weighted by molar-refractivity contribution is 0.182. The highest BCUT2D eigenvalue weighted by Crippen LogP contribution is 2.18. The Bertz CT molecular complexity index is 641. The van der Waals surface area contributed by atoms with Crippen LogP contribution in [0.1, 0.15) is 11.7 Å². The molecule has 0 aliphatic heterocycles. The van der Waals surface area contributed by atoms with Gasteiger partial charge in [0.05, 0.1) is 11.0 Å². The Balaban J connectivity index is 2.06. The van der Waals surface area contributed by atoms with E-state index in [1.165, 1.54) is 23.5 Å². The smallest absolute Gasteiger partial charge is 0.240 e. The number of thiophene rings is 1. The second kappa shape index (κ2) is 6.02. The van der Waals surface area contributed by atoms with Crippen LogP contribution in [0, 0.1) is 0 Å². The van der Waals surface area contributed by atoms with E-state index in [0.29, 0.717) is 10.6 Å². The fourth-order valence-electron chi connectivity index (χ4n) is 1.49. The van der Waals surface area contributed by atoms with Gasteiger partial charge >= 0.3 is 0 Å². The third-order valence-corrected chi connectivity index (χ3v) is 4.86. The molecule has 0 radical (unpaired) electrons. The monoisotopic (exact) mass is 317 g/mol. The SMILES string of the molecule is O=S(=O)(NCC(O)c1ccsc1)c1cccc(Cl)c1. The summed E-state index contributed by atoms with van der Waals surface area (Å²) in [7, 11) is -3.66. The van der Waals surface area contributed by atoms with Crippen molar-refractivity contribution >= 4 is 33.0 Å². The van der Waals surface area contributed by atoms with Crippen LogP contribution < -0.4 is 4.72 Å². The Hall–Kier alpha value is -0.920. The summed E-state index contributed by atoms with van der Waals surface area (Å²) >= 11 is 7.20. The molecule has 0 aliphatic rings. The van der Waals surface area contributed by atoms with Gasteiger partial charge in [0.25, 0.3) is 0 Å². The zero-order valence-corrected chi connectivity index (χ0v) is 12.2. The Labute approximate surface area is 120 Å². The van der Waals surface area contributed by atoms with Gasteiger partial charge in [0, 0.05) is 11.6 Å². The van der Waals surface area contributed by atoms with E-state index in [1.54, 1.807) is 23.6 Å². The van der Waals surface area contributed by atoms with Crippen LogP contribution in [-0.2, 0) is 10.0 Å². The molecule has 2 rings (SSSR count). The molecule has 7 heteroatoms. The summed E-state index contributed by atoms with van der Waals surface area (Å²) in [6, 6.07) is 7.72. The molecule has 0 saturated heterocycles. The second-order valence-electron chi connectivity index (χ2n) is 3.88. The van der Waals surface area contributed by atoms with Crippen LogP contribution in [0.4, 0.5) is 0 Å². The lowest BCUT2D eigenvalue weighted by Gasteiger charge is -2.11. The van der Waals surface area contributed by atoms with E-state index in [0.717, 1.165) is 0 Å². The first kappa shape index (κ1) is 14.5. The third kappa shape index (κ3) is 3.77. The number of aliphatic hydroxyl groups excluding tert-OH is 1. The molecule has 2 N–H and O–H groups in total. The van der Waals surface area contributed by atoms with E-state index in [2.05, 4.69) is 4.72 Å². The van der Waals surface area contributed by atoms with Gasteiger partial charge in [-0.3, -0.25) is 0 Å². The second-order valence-corrected chi connectivity index (χ2v) is 6.87. The minimum absolute atomic E-state index is 0.0778. The fourth-order valence-corrected chi connectivity index (χ4v) is 3.53.